The molecule has 2 heterocycles. The molecule has 6 heteroatoms. The van der Waals surface area contributed by atoms with Crippen molar-refractivity contribution in [2.75, 3.05) is 0 Å². The third-order valence-corrected chi connectivity index (χ3v) is 3.52. The molecule has 122 valence electrons. The van der Waals surface area contributed by atoms with E-state index in [1.165, 1.54) is 4.57 Å². The summed E-state index contributed by atoms with van der Waals surface area (Å²) in [5.41, 5.74) is 2.87. The first-order chi connectivity index (χ1) is 10.8. The van der Waals surface area contributed by atoms with Crippen LogP contribution in [0.1, 0.15) is 29.7 Å². The Morgan fingerprint density at radius 3 is 2.61 bits per heavy atom. The molecule has 0 bridgehead atoms. The summed E-state index contributed by atoms with van der Waals surface area (Å²) < 4.78 is 1.37. The zero-order valence-electron chi connectivity index (χ0n) is 14.0. The Morgan fingerprint density at radius 2 is 1.96 bits per heavy atom. The molecule has 0 spiro atoms. The van der Waals surface area contributed by atoms with Crippen LogP contribution in [0.5, 0.6) is 0 Å². The van der Waals surface area contributed by atoms with Crippen LogP contribution in [0.3, 0.4) is 0 Å². The molecule has 0 radical (unpaired) electrons. The quantitative estimate of drug-likeness (QED) is 0.903. The average molecular weight is 314 g/mol. The highest BCUT2D eigenvalue weighted by molar-refractivity contribution is 5.76. The fourth-order valence-electron chi connectivity index (χ4n) is 2.51. The number of carbonyl (C=O) groups excluding carboxylic acids is 1. The molecular formula is C17H22N4O2. The Kier molecular flexibility index (Phi) is 5.26. The van der Waals surface area contributed by atoms with Gasteiger partial charge in [-0.25, -0.2) is 4.79 Å². The SMILES string of the molecule is Cc1cccc(CC(C)NC(=O)Cn2c(C)cc(C)nc2=O)n1. The minimum Gasteiger partial charge on any atom is -0.352 e. The van der Waals surface area contributed by atoms with Gasteiger partial charge in [-0.3, -0.25) is 14.3 Å². The number of nitrogens with one attached hydrogen (secondary N) is 1. The van der Waals surface area contributed by atoms with Crippen molar-refractivity contribution in [2.45, 2.75) is 46.7 Å². The lowest BCUT2D eigenvalue weighted by Crippen LogP contribution is -2.39. The predicted octanol–water partition coefficient (Wildman–Crippen LogP) is 1.31. The number of aromatic nitrogens is 3. The van der Waals surface area contributed by atoms with E-state index in [1.54, 1.807) is 19.9 Å². The first-order valence-electron chi connectivity index (χ1n) is 7.62. The zero-order chi connectivity index (χ0) is 17.0. The molecule has 1 atom stereocenters. The van der Waals surface area contributed by atoms with E-state index in [-0.39, 0.29) is 18.5 Å². The van der Waals surface area contributed by atoms with Crippen molar-refractivity contribution < 1.29 is 4.79 Å². The van der Waals surface area contributed by atoms with Crippen LogP contribution in [0.2, 0.25) is 0 Å². The molecule has 2 aromatic heterocycles. The van der Waals surface area contributed by atoms with Gasteiger partial charge in [-0.1, -0.05) is 6.07 Å². The van der Waals surface area contributed by atoms with Crippen molar-refractivity contribution in [2.24, 2.45) is 0 Å². The third kappa shape index (κ3) is 4.74. The zero-order valence-corrected chi connectivity index (χ0v) is 14.0. The van der Waals surface area contributed by atoms with Crippen molar-refractivity contribution in [3.63, 3.8) is 0 Å². The van der Waals surface area contributed by atoms with E-state index < -0.39 is 5.69 Å². The Morgan fingerprint density at radius 1 is 1.22 bits per heavy atom. The van der Waals surface area contributed by atoms with Crippen molar-refractivity contribution in [3.05, 3.63) is 57.5 Å². The van der Waals surface area contributed by atoms with Crippen LogP contribution in [-0.2, 0) is 17.8 Å². The average Bonchev–Trinajstić information content (AvgIpc) is 2.42. The summed E-state index contributed by atoms with van der Waals surface area (Å²) >= 11 is 0. The molecule has 0 aromatic carbocycles. The van der Waals surface area contributed by atoms with Gasteiger partial charge in [0.1, 0.15) is 6.54 Å². The van der Waals surface area contributed by atoms with Gasteiger partial charge >= 0.3 is 5.69 Å². The molecule has 0 aliphatic rings. The van der Waals surface area contributed by atoms with Crippen LogP contribution in [-0.4, -0.2) is 26.5 Å². The van der Waals surface area contributed by atoms with Crippen LogP contribution >= 0.6 is 0 Å². The third-order valence-electron chi connectivity index (χ3n) is 3.52. The molecule has 23 heavy (non-hydrogen) atoms. The Hall–Kier alpha value is -2.50. The Bertz CT molecular complexity index is 767. The number of hydrogen-bond donors (Lipinski definition) is 1. The van der Waals surface area contributed by atoms with Crippen molar-refractivity contribution >= 4 is 5.91 Å². The Labute approximate surface area is 135 Å². The predicted molar refractivity (Wildman–Crippen MR) is 88.3 cm³/mol. The number of amides is 1. The van der Waals surface area contributed by atoms with Gasteiger partial charge in [0.2, 0.25) is 5.91 Å². The standard InChI is InChI=1S/C17H22N4O2/c1-11-6-5-7-15(18-11)9-13(3)19-16(22)10-21-14(4)8-12(2)20-17(21)23/h5-8,13H,9-10H2,1-4H3,(H,19,22). The van der Waals surface area contributed by atoms with E-state index in [9.17, 15) is 9.59 Å². The van der Waals surface area contributed by atoms with E-state index in [0.717, 1.165) is 17.1 Å². The molecule has 1 amide bonds. The molecule has 1 unspecified atom stereocenters. The van der Waals surface area contributed by atoms with Crippen LogP contribution in [0.15, 0.2) is 29.1 Å². The molecule has 0 fully saturated rings. The normalized spacial score (nSPS) is 12.0. The molecule has 0 saturated carbocycles. The second-order valence-electron chi connectivity index (χ2n) is 5.85. The minimum atomic E-state index is -0.398. The van der Waals surface area contributed by atoms with Crippen LogP contribution in [0.4, 0.5) is 0 Å². The molecule has 1 N–H and O–H groups in total. The summed E-state index contributed by atoms with van der Waals surface area (Å²) in [5, 5.41) is 2.90. The summed E-state index contributed by atoms with van der Waals surface area (Å²) in [6, 6.07) is 7.55. The van der Waals surface area contributed by atoms with Gasteiger partial charge in [-0.15, -0.1) is 0 Å². The van der Waals surface area contributed by atoms with Crippen molar-refractivity contribution in [1.29, 1.82) is 0 Å². The minimum absolute atomic E-state index is 0.0243. The van der Waals surface area contributed by atoms with Gasteiger partial charge in [0.15, 0.2) is 0 Å². The van der Waals surface area contributed by atoms with Gasteiger partial charge in [0.25, 0.3) is 0 Å². The fourth-order valence-corrected chi connectivity index (χ4v) is 2.51. The molecule has 2 aromatic rings. The van der Waals surface area contributed by atoms with E-state index in [0.29, 0.717) is 12.1 Å². The summed E-state index contributed by atoms with van der Waals surface area (Å²) in [4.78, 5) is 32.3. The maximum atomic E-state index is 12.2. The largest absolute Gasteiger partial charge is 0.352 e. The molecular weight excluding hydrogens is 292 g/mol. The van der Waals surface area contributed by atoms with Gasteiger partial charge in [-0.2, -0.15) is 4.98 Å². The van der Waals surface area contributed by atoms with Gasteiger partial charge < -0.3 is 5.32 Å². The van der Waals surface area contributed by atoms with Crippen molar-refractivity contribution in [3.8, 4) is 0 Å². The van der Waals surface area contributed by atoms with Crippen LogP contribution in [0, 0.1) is 20.8 Å². The first kappa shape index (κ1) is 16.9. The molecule has 6 nitrogen and oxygen atoms in total. The van der Waals surface area contributed by atoms with E-state index in [4.69, 9.17) is 0 Å². The summed E-state index contributed by atoms with van der Waals surface area (Å²) in [7, 11) is 0. The van der Waals surface area contributed by atoms with E-state index in [2.05, 4.69) is 15.3 Å². The monoisotopic (exact) mass is 314 g/mol. The molecule has 0 saturated heterocycles. The molecule has 0 aliphatic carbocycles. The highest BCUT2D eigenvalue weighted by Crippen LogP contribution is 2.02. The highest BCUT2D eigenvalue weighted by Gasteiger charge is 2.12. The van der Waals surface area contributed by atoms with Gasteiger partial charge in [-0.05, 0) is 45.9 Å². The van der Waals surface area contributed by atoms with Gasteiger partial charge in [0, 0.05) is 35.2 Å². The summed E-state index contributed by atoms with van der Waals surface area (Å²) in [5.74, 6) is -0.207. The lowest BCUT2D eigenvalue weighted by molar-refractivity contribution is -0.122. The topological polar surface area (TPSA) is 76.9 Å². The van der Waals surface area contributed by atoms with Crippen molar-refractivity contribution in [1.82, 2.24) is 19.9 Å². The molecule has 2 rings (SSSR count). The lowest BCUT2D eigenvalue weighted by atomic mass is 10.1. The lowest BCUT2D eigenvalue weighted by Gasteiger charge is -2.15. The number of hydrogen-bond acceptors (Lipinski definition) is 4. The van der Waals surface area contributed by atoms with Gasteiger partial charge in [0.05, 0.1) is 0 Å². The molecule has 0 aliphatic heterocycles. The summed E-state index contributed by atoms with van der Waals surface area (Å²) in [6.07, 6.45) is 0.646. The number of pyridine rings is 1. The second kappa shape index (κ2) is 7.17. The Balaban J connectivity index is 1.98. The van der Waals surface area contributed by atoms with Crippen LogP contribution in [0.25, 0.3) is 0 Å². The maximum Gasteiger partial charge on any atom is 0.348 e. The van der Waals surface area contributed by atoms with E-state index in [1.807, 2.05) is 32.0 Å². The smallest absolute Gasteiger partial charge is 0.348 e. The maximum absolute atomic E-state index is 12.2. The summed E-state index contributed by atoms with van der Waals surface area (Å²) in [6.45, 7) is 7.39. The fraction of sp³-hybridized carbons (Fsp3) is 0.412. The van der Waals surface area contributed by atoms with E-state index >= 15 is 0 Å². The first-order valence-corrected chi connectivity index (χ1v) is 7.62. The highest BCUT2D eigenvalue weighted by atomic mass is 16.2. The van der Waals surface area contributed by atoms with Crippen LogP contribution < -0.4 is 11.0 Å². The number of rotatable bonds is 5. The number of carbonyl (C=O) groups is 1. The second-order valence-corrected chi connectivity index (χ2v) is 5.85. The number of nitrogens with zero attached hydrogens (tertiary/aromatic N) is 3. The number of aryl methyl sites for hydroxylation is 3.